The third-order valence-corrected chi connectivity index (χ3v) is 5.87. The molecular formula is C23H30F2N6O. The molecule has 9 heteroatoms. The van der Waals surface area contributed by atoms with Gasteiger partial charge in [-0.25, -0.2) is 4.98 Å². The number of aromatic nitrogens is 1. The summed E-state index contributed by atoms with van der Waals surface area (Å²) in [5.41, 5.74) is 1.84. The van der Waals surface area contributed by atoms with Crippen LogP contribution in [-0.2, 0) is 6.54 Å². The number of nitrogens with zero attached hydrogens (tertiary/aromatic N) is 4. The van der Waals surface area contributed by atoms with Crippen LogP contribution in [0.2, 0.25) is 0 Å². The number of para-hydroxylation sites is 2. The zero-order valence-corrected chi connectivity index (χ0v) is 18.3. The van der Waals surface area contributed by atoms with Crippen LogP contribution < -0.4 is 25.2 Å². The van der Waals surface area contributed by atoms with Gasteiger partial charge in [-0.3, -0.25) is 4.99 Å². The minimum absolute atomic E-state index is 0.151. The number of anilines is 2. The van der Waals surface area contributed by atoms with Crippen LogP contribution in [0.1, 0.15) is 24.8 Å². The maximum Gasteiger partial charge on any atom is 0.387 e. The monoisotopic (exact) mass is 444 g/mol. The van der Waals surface area contributed by atoms with Crippen LogP contribution in [0.15, 0.2) is 47.6 Å². The molecule has 1 aromatic carbocycles. The first-order chi connectivity index (χ1) is 15.6. The second-order valence-corrected chi connectivity index (χ2v) is 8.06. The number of aliphatic imine (C=N–C) groups is 1. The number of nitrogens with one attached hydrogen (secondary N) is 2. The molecule has 2 aromatic rings. The zero-order valence-electron chi connectivity index (χ0n) is 18.3. The Bertz CT molecular complexity index is 919. The predicted octanol–water partition coefficient (Wildman–Crippen LogP) is 3.23. The fourth-order valence-electron chi connectivity index (χ4n) is 4.27. The summed E-state index contributed by atoms with van der Waals surface area (Å²) in [5, 5.41) is 6.82. The number of hydrogen-bond acceptors (Lipinski definition) is 5. The van der Waals surface area contributed by atoms with E-state index in [1.165, 1.54) is 12.8 Å². The largest absolute Gasteiger partial charge is 0.433 e. The number of alkyl halides is 2. The average molecular weight is 445 g/mol. The first-order valence-corrected chi connectivity index (χ1v) is 11.1. The van der Waals surface area contributed by atoms with Crippen molar-refractivity contribution in [2.75, 3.05) is 43.0 Å². The summed E-state index contributed by atoms with van der Waals surface area (Å²) in [5.74, 6) is 1.95. The quantitative estimate of drug-likeness (QED) is 0.505. The summed E-state index contributed by atoms with van der Waals surface area (Å²) in [6, 6.07) is 11.2. The molecule has 3 heterocycles. The van der Waals surface area contributed by atoms with Crippen molar-refractivity contribution in [2.45, 2.75) is 38.5 Å². The SMILES string of the molecule is CN=C(NCc1ccnc(N2CCCC2)c1)NC1CCN(c2ccccc2OC(F)F)C1. The molecule has 0 amide bonds. The molecule has 0 saturated carbocycles. The Kier molecular flexibility index (Phi) is 7.24. The van der Waals surface area contributed by atoms with Crippen LogP contribution in [-0.4, -0.2) is 56.8 Å². The number of guanidine groups is 1. The second-order valence-electron chi connectivity index (χ2n) is 8.06. The highest BCUT2D eigenvalue weighted by Gasteiger charge is 2.26. The molecule has 0 radical (unpaired) electrons. The van der Waals surface area contributed by atoms with Gasteiger partial charge in [0.05, 0.1) is 5.69 Å². The third kappa shape index (κ3) is 5.57. The topological polar surface area (TPSA) is 65.0 Å². The summed E-state index contributed by atoms with van der Waals surface area (Å²) in [6.07, 6.45) is 5.17. The molecule has 0 bridgehead atoms. The summed E-state index contributed by atoms with van der Waals surface area (Å²) in [7, 11) is 1.75. The third-order valence-electron chi connectivity index (χ3n) is 5.87. The van der Waals surface area contributed by atoms with Gasteiger partial charge in [0.15, 0.2) is 5.96 Å². The van der Waals surface area contributed by atoms with E-state index in [1.54, 1.807) is 19.2 Å². The van der Waals surface area contributed by atoms with Crippen molar-refractivity contribution in [2.24, 2.45) is 4.99 Å². The molecule has 2 aliphatic heterocycles. The number of benzene rings is 1. The summed E-state index contributed by atoms with van der Waals surface area (Å²) in [6.45, 7) is 1.37. The Labute approximate surface area is 187 Å². The zero-order chi connectivity index (χ0) is 22.3. The van der Waals surface area contributed by atoms with Crippen molar-refractivity contribution >= 4 is 17.5 Å². The molecular weight excluding hydrogens is 414 g/mol. The van der Waals surface area contributed by atoms with Gasteiger partial charge in [0.1, 0.15) is 11.6 Å². The number of rotatable bonds is 7. The van der Waals surface area contributed by atoms with Gasteiger partial charge in [-0.05, 0) is 49.1 Å². The second kappa shape index (κ2) is 10.5. The minimum atomic E-state index is -2.84. The Morgan fingerprint density at radius 2 is 2.00 bits per heavy atom. The Morgan fingerprint density at radius 1 is 1.19 bits per heavy atom. The molecule has 32 heavy (non-hydrogen) atoms. The maximum atomic E-state index is 12.7. The lowest BCUT2D eigenvalue weighted by Gasteiger charge is -2.22. The first kappa shape index (κ1) is 22.1. The molecule has 4 rings (SSSR count). The summed E-state index contributed by atoms with van der Waals surface area (Å²) in [4.78, 5) is 13.2. The molecule has 2 fully saturated rings. The number of hydrogen-bond donors (Lipinski definition) is 2. The van der Waals surface area contributed by atoms with Gasteiger partial charge in [0.2, 0.25) is 0 Å². The van der Waals surface area contributed by atoms with E-state index in [0.717, 1.165) is 37.4 Å². The van der Waals surface area contributed by atoms with Crippen LogP contribution >= 0.6 is 0 Å². The molecule has 0 spiro atoms. The van der Waals surface area contributed by atoms with Crippen molar-refractivity contribution in [3.05, 3.63) is 48.2 Å². The number of ether oxygens (including phenoxy) is 1. The van der Waals surface area contributed by atoms with E-state index in [9.17, 15) is 8.78 Å². The highest BCUT2D eigenvalue weighted by Crippen LogP contribution is 2.31. The Hall–Kier alpha value is -3.10. The highest BCUT2D eigenvalue weighted by atomic mass is 19.3. The van der Waals surface area contributed by atoms with Crippen molar-refractivity contribution in [1.29, 1.82) is 0 Å². The summed E-state index contributed by atoms with van der Waals surface area (Å²) < 4.78 is 30.2. The molecule has 0 aliphatic carbocycles. The Balaban J connectivity index is 1.31. The molecule has 2 N–H and O–H groups in total. The predicted molar refractivity (Wildman–Crippen MR) is 123 cm³/mol. The molecule has 1 atom stereocenters. The fourth-order valence-corrected chi connectivity index (χ4v) is 4.27. The molecule has 1 unspecified atom stereocenters. The van der Waals surface area contributed by atoms with Gasteiger partial charge >= 0.3 is 6.61 Å². The lowest BCUT2D eigenvalue weighted by atomic mass is 10.2. The minimum Gasteiger partial charge on any atom is -0.433 e. The van der Waals surface area contributed by atoms with Crippen molar-refractivity contribution in [3.8, 4) is 5.75 Å². The van der Waals surface area contributed by atoms with E-state index in [-0.39, 0.29) is 11.8 Å². The average Bonchev–Trinajstić information content (AvgIpc) is 3.49. The van der Waals surface area contributed by atoms with E-state index >= 15 is 0 Å². The van der Waals surface area contributed by atoms with E-state index in [2.05, 4.69) is 41.2 Å². The van der Waals surface area contributed by atoms with Crippen LogP contribution in [0.25, 0.3) is 0 Å². The number of pyridine rings is 1. The van der Waals surface area contributed by atoms with Gasteiger partial charge < -0.3 is 25.2 Å². The normalized spacial score (nSPS) is 19.0. The molecule has 1 aromatic heterocycles. The molecule has 2 aliphatic rings. The fraction of sp³-hybridized carbons (Fsp3) is 0.478. The van der Waals surface area contributed by atoms with E-state index < -0.39 is 6.61 Å². The maximum absolute atomic E-state index is 12.7. The Morgan fingerprint density at radius 3 is 2.78 bits per heavy atom. The standard InChI is InChI=1S/C23H30F2N6O/c1-26-23(28-15-17-8-10-27-21(14-17)30-11-4-5-12-30)29-18-9-13-31(16-18)19-6-2-3-7-20(19)32-22(24)25/h2-3,6-8,10,14,18,22H,4-5,9,11-13,15-16H2,1H3,(H2,26,28,29). The smallest absolute Gasteiger partial charge is 0.387 e. The van der Waals surface area contributed by atoms with Crippen LogP contribution in [0.5, 0.6) is 5.75 Å². The van der Waals surface area contributed by atoms with E-state index in [0.29, 0.717) is 24.7 Å². The summed E-state index contributed by atoms with van der Waals surface area (Å²) >= 11 is 0. The van der Waals surface area contributed by atoms with Gasteiger partial charge in [-0.15, -0.1) is 0 Å². The molecule has 172 valence electrons. The van der Waals surface area contributed by atoms with Gasteiger partial charge in [0, 0.05) is 52.0 Å². The molecule has 2 saturated heterocycles. The van der Waals surface area contributed by atoms with Crippen LogP contribution in [0.3, 0.4) is 0 Å². The molecule has 7 nitrogen and oxygen atoms in total. The van der Waals surface area contributed by atoms with Crippen molar-refractivity contribution in [3.63, 3.8) is 0 Å². The van der Waals surface area contributed by atoms with Crippen LogP contribution in [0, 0.1) is 0 Å². The lowest BCUT2D eigenvalue weighted by Crippen LogP contribution is -2.44. The van der Waals surface area contributed by atoms with Gasteiger partial charge in [-0.1, -0.05) is 12.1 Å². The van der Waals surface area contributed by atoms with Gasteiger partial charge in [-0.2, -0.15) is 8.78 Å². The van der Waals surface area contributed by atoms with E-state index in [1.807, 2.05) is 24.4 Å². The lowest BCUT2D eigenvalue weighted by molar-refractivity contribution is -0.0495. The van der Waals surface area contributed by atoms with Crippen molar-refractivity contribution < 1.29 is 13.5 Å². The van der Waals surface area contributed by atoms with Gasteiger partial charge in [0.25, 0.3) is 0 Å². The van der Waals surface area contributed by atoms with Crippen molar-refractivity contribution in [1.82, 2.24) is 15.6 Å². The number of halogens is 2. The van der Waals surface area contributed by atoms with E-state index in [4.69, 9.17) is 0 Å². The first-order valence-electron chi connectivity index (χ1n) is 11.1. The van der Waals surface area contributed by atoms with Crippen LogP contribution in [0.4, 0.5) is 20.3 Å². The highest BCUT2D eigenvalue weighted by molar-refractivity contribution is 5.80.